The van der Waals surface area contributed by atoms with Gasteiger partial charge >= 0.3 is 6.03 Å². The number of piperidine rings is 1. The summed E-state index contributed by atoms with van der Waals surface area (Å²) in [6.07, 6.45) is 2.19. The van der Waals surface area contributed by atoms with E-state index >= 15 is 0 Å². The molecule has 1 aromatic rings. The minimum Gasteiger partial charge on any atom is -0.331 e. The van der Waals surface area contributed by atoms with Gasteiger partial charge in [0, 0.05) is 50.8 Å². The first kappa shape index (κ1) is 19.5. The molecule has 1 N–H and O–H groups in total. The average molecular weight is 379 g/mol. The van der Waals surface area contributed by atoms with Crippen LogP contribution in [-0.4, -0.2) is 73.6 Å². The molecule has 144 valence electrons. The Morgan fingerprint density at radius 3 is 2.46 bits per heavy atom. The van der Waals surface area contributed by atoms with E-state index in [1.807, 2.05) is 36.1 Å². The molecular formula is C20H31ClN4O. The van der Waals surface area contributed by atoms with Crippen LogP contribution in [0.3, 0.4) is 0 Å². The summed E-state index contributed by atoms with van der Waals surface area (Å²) in [5, 5.41) is 3.79. The number of halogens is 1. The number of hydrogen-bond acceptors (Lipinski definition) is 3. The van der Waals surface area contributed by atoms with Gasteiger partial charge in [-0.05, 0) is 44.4 Å². The van der Waals surface area contributed by atoms with Gasteiger partial charge in [-0.3, -0.25) is 0 Å². The highest BCUT2D eigenvalue weighted by atomic mass is 35.5. The van der Waals surface area contributed by atoms with Gasteiger partial charge in [-0.2, -0.15) is 0 Å². The molecule has 1 atom stereocenters. The highest BCUT2D eigenvalue weighted by Crippen LogP contribution is 2.23. The fourth-order valence-electron chi connectivity index (χ4n) is 3.89. The second-order valence-electron chi connectivity index (χ2n) is 7.73. The first-order chi connectivity index (χ1) is 12.5. The number of piperazine rings is 1. The predicted octanol–water partition coefficient (Wildman–Crippen LogP) is 3.07. The minimum atomic E-state index is -0.0840. The molecule has 0 radical (unpaired) electrons. The lowest BCUT2D eigenvalue weighted by molar-refractivity contribution is 0.110. The zero-order chi connectivity index (χ0) is 18.5. The third-order valence-corrected chi connectivity index (χ3v) is 6.07. The molecule has 6 heteroatoms. The van der Waals surface area contributed by atoms with Crippen LogP contribution in [-0.2, 0) is 0 Å². The molecule has 2 saturated heterocycles. The molecule has 2 heterocycles. The van der Waals surface area contributed by atoms with Crippen molar-refractivity contribution in [3.8, 4) is 0 Å². The number of likely N-dealkylation sites (tertiary alicyclic amines) is 1. The number of likely N-dealkylation sites (N-methyl/N-ethyl adjacent to an activating group) is 1. The predicted molar refractivity (Wildman–Crippen MR) is 107 cm³/mol. The SMILES string of the molecule is C[C@H](NC(=O)N1CCC(CN2CCN(C)CC2)CC1)c1ccccc1Cl. The number of urea groups is 1. The van der Waals surface area contributed by atoms with Crippen molar-refractivity contribution in [2.45, 2.75) is 25.8 Å². The molecule has 3 rings (SSSR count). The second kappa shape index (κ2) is 9.07. The lowest BCUT2D eigenvalue weighted by Crippen LogP contribution is -2.49. The first-order valence-corrected chi connectivity index (χ1v) is 10.1. The third-order valence-electron chi connectivity index (χ3n) is 5.73. The number of carbonyl (C=O) groups is 1. The van der Waals surface area contributed by atoms with Gasteiger partial charge in [0.05, 0.1) is 6.04 Å². The number of amides is 2. The monoisotopic (exact) mass is 378 g/mol. The summed E-state index contributed by atoms with van der Waals surface area (Å²) in [7, 11) is 2.19. The van der Waals surface area contributed by atoms with Crippen molar-refractivity contribution in [3.63, 3.8) is 0 Å². The van der Waals surface area contributed by atoms with Crippen LogP contribution < -0.4 is 5.32 Å². The van der Waals surface area contributed by atoms with E-state index in [4.69, 9.17) is 11.6 Å². The van der Waals surface area contributed by atoms with Crippen LogP contribution in [0.2, 0.25) is 5.02 Å². The Bertz CT molecular complexity index is 595. The molecular weight excluding hydrogens is 348 g/mol. The second-order valence-corrected chi connectivity index (χ2v) is 8.13. The largest absolute Gasteiger partial charge is 0.331 e. The Kier molecular flexibility index (Phi) is 6.79. The van der Waals surface area contributed by atoms with Gasteiger partial charge in [0.15, 0.2) is 0 Å². The molecule has 0 spiro atoms. The summed E-state index contributed by atoms with van der Waals surface area (Å²) in [6.45, 7) is 9.54. The van der Waals surface area contributed by atoms with Crippen molar-refractivity contribution in [2.75, 3.05) is 52.9 Å². The first-order valence-electron chi connectivity index (χ1n) is 9.73. The number of nitrogens with one attached hydrogen (secondary N) is 1. The van der Waals surface area contributed by atoms with Crippen LogP contribution in [0.4, 0.5) is 4.79 Å². The fraction of sp³-hybridized carbons (Fsp3) is 0.650. The van der Waals surface area contributed by atoms with E-state index in [0.29, 0.717) is 10.9 Å². The lowest BCUT2D eigenvalue weighted by Gasteiger charge is -2.38. The van der Waals surface area contributed by atoms with Crippen molar-refractivity contribution in [1.29, 1.82) is 0 Å². The lowest BCUT2D eigenvalue weighted by atomic mass is 9.96. The topological polar surface area (TPSA) is 38.8 Å². The maximum absolute atomic E-state index is 12.6. The Labute approximate surface area is 162 Å². The number of hydrogen-bond donors (Lipinski definition) is 1. The molecule has 0 unspecified atom stereocenters. The number of carbonyl (C=O) groups excluding carboxylic acids is 1. The van der Waals surface area contributed by atoms with Crippen LogP contribution in [0.25, 0.3) is 0 Å². The van der Waals surface area contributed by atoms with Crippen LogP contribution in [0, 0.1) is 5.92 Å². The van der Waals surface area contributed by atoms with E-state index in [-0.39, 0.29) is 12.1 Å². The standard InChI is InChI=1S/C20H31ClN4O/c1-16(18-5-3-4-6-19(18)21)22-20(26)25-9-7-17(8-10-25)15-24-13-11-23(2)12-14-24/h3-6,16-17H,7-15H2,1-2H3,(H,22,26)/t16-/m0/s1. The highest BCUT2D eigenvalue weighted by molar-refractivity contribution is 6.31. The molecule has 1 aromatic carbocycles. The average Bonchev–Trinajstić information content (AvgIpc) is 2.64. The van der Waals surface area contributed by atoms with Gasteiger partial charge in [0.2, 0.25) is 0 Å². The molecule has 2 aliphatic rings. The van der Waals surface area contributed by atoms with E-state index in [0.717, 1.165) is 31.5 Å². The van der Waals surface area contributed by atoms with Crippen LogP contribution >= 0.6 is 11.6 Å². The van der Waals surface area contributed by atoms with Crippen LogP contribution in [0.15, 0.2) is 24.3 Å². The Morgan fingerprint density at radius 2 is 1.81 bits per heavy atom. The quantitative estimate of drug-likeness (QED) is 0.875. The maximum Gasteiger partial charge on any atom is 0.317 e. The van der Waals surface area contributed by atoms with Crippen molar-refractivity contribution < 1.29 is 4.79 Å². The van der Waals surface area contributed by atoms with Crippen molar-refractivity contribution >= 4 is 17.6 Å². The van der Waals surface area contributed by atoms with E-state index in [9.17, 15) is 4.79 Å². The van der Waals surface area contributed by atoms with Crippen molar-refractivity contribution in [2.24, 2.45) is 5.92 Å². The molecule has 2 fully saturated rings. The van der Waals surface area contributed by atoms with Gasteiger partial charge in [-0.15, -0.1) is 0 Å². The molecule has 0 bridgehead atoms. The normalized spacial score (nSPS) is 21.6. The van der Waals surface area contributed by atoms with Gasteiger partial charge in [-0.1, -0.05) is 29.8 Å². The van der Waals surface area contributed by atoms with Gasteiger partial charge in [-0.25, -0.2) is 4.79 Å². The minimum absolute atomic E-state index is 0.0236. The summed E-state index contributed by atoms with van der Waals surface area (Å²) in [5.74, 6) is 0.712. The molecule has 0 aliphatic carbocycles. The van der Waals surface area contributed by atoms with E-state index in [1.54, 1.807) is 0 Å². The highest BCUT2D eigenvalue weighted by Gasteiger charge is 2.26. The van der Waals surface area contributed by atoms with Crippen LogP contribution in [0.1, 0.15) is 31.4 Å². The summed E-state index contributed by atoms with van der Waals surface area (Å²) in [5.41, 5.74) is 0.965. The van der Waals surface area contributed by atoms with Gasteiger partial charge < -0.3 is 20.0 Å². The van der Waals surface area contributed by atoms with E-state index in [2.05, 4.69) is 22.2 Å². The smallest absolute Gasteiger partial charge is 0.317 e. The Balaban J connectivity index is 1.43. The van der Waals surface area contributed by atoms with E-state index in [1.165, 1.54) is 32.7 Å². The summed E-state index contributed by atoms with van der Waals surface area (Å²) < 4.78 is 0. The number of rotatable bonds is 4. The third kappa shape index (κ3) is 5.12. The summed E-state index contributed by atoms with van der Waals surface area (Å²) in [6, 6.07) is 7.63. The molecule has 0 aromatic heterocycles. The molecule has 2 aliphatic heterocycles. The maximum atomic E-state index is 12.6. The number of nitrogens with zero attached hydrogens (tertiary/aromatic N) is 3. The molecule has 5 nitrogen and oxygen atoms in total. The molecule has 26 heavy (non-hydrogen) atoms. The van der Waals surface area contributed by atoms with E-state index < -0.39 is 0 Å². The van der Waals surface area contributed by atoms with Crippen LogP contribution in [0.5, 0.6) is 0 Å². The summed E-state index contributed by atoms with van der Waals surface area (Å²) >= 11 is 6.24. The zero-order valence-corrected chi connectivity index (χ0v) is 16.7. The Morgan fingerprint density at radius 1 is 1.15 bits per heavy atom. The van der Waals surface area contributed by atoms with Crippen molar-refractivity contribution in [1.82, 2.24) is 20.0 Å². The summed E-state index contributed by atoms with van der Waals surface area (Å²) in [4.78, 5) is 19.5. The Hall–Kier alpha value is -1.30. The van der Waals surface area contributed by atoms with Crippen molar-refractivity contribution in [3.05, 3.63) is 34.9 Å². The fourth-order valence-corrected chi connectivity index (χ4v) is 4.19. The zero-order valence-electron chi connectivity index (χ0n) is 16.0. The van der Waals surface area contributed by atoms with Gasteiger partial charge in [0.25, 0.3) is 0 Å². The molecule has 2 amide bonds. The van der Waals surface area contributed by atoms with Gasteiger partial charge in [0.1, 0.15) is 0 Å². The number of benzene rings is 1. The molecule has 0 saturated carbocycles.